The Morgan fingerprint density at radius 2 is 2.00 bits per heavy atom. The number of hydrogen-bond donors (Lipinski definition) is 2. The molecule has 2 unspecified atom stereocenters. The van der Waals surface area contributed by atoms with Crippen molar-refractivity contribution in [2.24, 2.45) is 5.92 Å². The molecular formula is C15H24N2O. The molecular weight excluding hydrogens is 224 g/mol. The average molecular weight is 248 g/mol. The molecule has 0 aliphatic heterocycles. The summed E-state index contributed by atoms with van der Waals surface area (Å²) >= 11 is 0. The van der Waals surface area contributed by atoms with Crippen LogP contribution in [0.25, 0.3) is 0 Å². The summed E-state index contributed by atoms with van der Waals surface area (Å²) in [5, 5.41) is 6.13. The quantitative estimate of drug-likeness (QED) is 0.840. The molecule has 3 heteroatoms. The number of rotatable bonds is 5. The van der Waals surface area contributed by atoms with E-state index in [-0.39, 0.29) is 11.9 Å². The molecule has 100 valence electrons. The molecule has 1 amide bonds. The highest BCUT2D eigenvalue weighted by Gasteiger charge is 2.16. The second kappa shape index (κ2) is 6.43. The van der Waals surface area contributed by atoms with Gasteiger partial charge in [-0.3, -0.25) is 4.79 Å². The minimum absolute atomic E-state index is 0.00384. The smallest absolute Gasteiger partial charge is 0.253 e. The van der Waals surface area contributed by atoms with E-state index in [2.05, 4.69) is 31.4 Å². The first-order valence-corrected chi connectivity index (χ1v) is 6.58. The van der Waals surface area contributed by atoms with E-state index in [1.165, 1.54) is 0 Å². The van der Waals surface area contributed by atoms with E-state index >= 15 is 0 Å². The van der Waals surface area contributed by atoms with Crippen molar-refractivity contribution in [2.45, 2.75) is 40.2 Å². The van der Waals surface area contributed by atoms with Gasteiger partial charge in [0.05, 0.1) is 5.56 Å². The number of aryl methyl sites for hydroxylation is 1. The second-order valence-corrected chi connectivity index (χ2v) is 4.95. The Morgan fingerprint density at radius 1 is 1.33 bits per heavy atom. The first-order chi connectivity index (χ1) is 8.49. The third-order valence-electron chi connectivity index (χ3n) is 3.55. The number of carbonyl (C=O) groups is 1. The van der Waals surface area contributed by atoms with Crippen LogP contribution >= 0.6 is 0 Å². The van der Waals surface area contributed by atoms with Gasteiger partial charge in [-0.15, -0.1) is 0 Å². The molecule has 0 saturated carbocycles. The van der Waals surface area contributed by atoms with E-state index in [4.69, 9.17) is 0 Å². The van der Waals surface area contributed by atoms with Crippen molar-refractivity contribution >= 4 is 11.6 Å². The molecule has 0 saturated heterocycles. The van der Waals surface area contributed by atoms with Crippen molar-refractivity contribution < 1.29 is 4.79 Å². The summed E-state index contributed by atoms with van der Waals surface area (Å²) < 4.78 is 0. The topological polar surface area (TPSA) is 41.1 Å². The lowest BCUT2D eigenvalue weighted by Gasteiger charge is -2.20. The average Bonchev–Trinajstić information content (AvgIpc) is 2.37. The number of anilines is 1. The summed E-state index contributed by atoms with van der Waals surface area (Å²) in [7, 11) is 1.83. The van der Waals surface area contributed by atoms with Crippen LogP contribution in [0.1, 0.15) is 43.1 Å². The third kappa shape index (κ3) is 3.49. The predicted octanol–water partition coefficient (Wildman–Crippen LogP) is 3.20. The molecule has 1 aromatic carbocycles. The van der Waals surface area contributed by atoms with Gasteiger partial charge in [0, 0.05) is 18.8 Å². The Morgan fingerprint density at radius 3 is 2.56 bits per heavy atom. The molecule has 0 aromatic heterocycles. The van der Waals surface area contributed by atoms with Gasteiger partial charge >= 0.3 is 0 Å². The molecule has 1 aromatic rings. The summed E-state index contributed by atoms with van der Waals surface area (Å²) in [6.45, 7) is 8.34. The van der Waals surface area contributed by atoms with Crippen LogP contribution in [0.2, 0.25) is 0 Å². The Kier molecular flexibility index (Phi) is 5.20. The van der Waals surface area contributed by atoms with Gasteiger partial charge in [0.1, 0.15) is 0 Å². The molecule has 3 nitrogen and oxygen atoms in total. The second-order valence-electron chi connectivity index (χ2n) is 4.95. The fourth-order valence-electron chi connectivity index (χ4n) is 1.84. The van der Waals surface area contributed by atoms with Gasteiger partial charge in [-0.1, -0.05) is 31.9 Å². The summed E-state index contributed by atoms with van der Waals surface area (Å²) in [6.07, 6.45) is 1.06. The number of hydrogen-bond acceptors (Lipinski definition) is 2. The summed E-state index contributed by atoms with van der Waals surface area (Å²) in [4.78, 5) is 12.3. The fraction of sp³-hybridized carbons (Fsp3) is 0.533. The Labute approximate surface area is 110 Å². The van der Waals surface area contributed by atoms with Gasteiger partial charge in [0.25, 0.3) is 5.91 Å². The highest BCUT2D eigenvalue weighted by molar-refractivity contribution is 5.99. The highest BCUT2D eigenvalue weighted by atomic mass is 16.1. The Balaban J connectivity index is 2.87. The van der Waals surface area contributed by atoms with Gasteiger partial charge in [-0.05, 0) is 31.9 Å². The minimum Gasteiger partial charge on any atom is -0.387 e. The zero-order valence-electron chi connectivity index (χ0n) is 12.0. The van der Waals surface area contributed by atoms with Gasteiger partial charge < -0.3 is 10.6 Å². The molecule has 0 spiro atoms. The van der Waals surface area contributed by atoms with Crippen LogP contribution in [0.4, 0.5) is 5.69 Å². The summed E-state index contributed by atoms with van der Waals surface area (Å²) in [5.74, 6) is 0.479. The number of carbonyl (C=O) groups excluding carboxylic acids is 1. The normalized spacial score (nSPS) is 13.8. The van der Waals surface area contributed by atoms with Crippen LogP contribution in [-0.4, -0.2) is 19.0 Å². The van der Waals surface area contributed by atoms with Crippen LogP contribution in [-0.2, 0) is 0 Å². The maximum absolute atomic E-state index is 12.3. The van der Waals surface area contributed by atoms with Gasteiger partial charge in [0.2, 0.25) is 0 Å². The van der Waals surface area contributed by atoms with E-state index in [0.29, 0.717) is 11.5 Å². The van der Waals surface area contributed by atoms with Crippen molar-refractivity contribution in [3.05, 3.63) is 29.3 Å². The van der Waals surface area contributed by atoms with E-state index in [0.717, 1.165) is 17.7 Å². The van der Waals surface area contributed by atoms with E-state index in [9.17, 15) is 4.79 Å². The number of amides is 1. The Hall–Kier alpha value is -1.51. The first kappa shape index (κ1) is 14.6. The van der Waals surface area contributed by atoms with Gasteiger partial charge in [0.15, 0.2) is 0 Å². The van der Waals surface area contributed by atoms with E-state index < -0.39 is 0 Å². The first-order valence-electron chi connectivity index (χ1n) is 6.58. The highest BCUT2D eigenvalue weighted by Crippen LogP contribution is 2.17. The summed E-state index contributed by atoms with van der Waals surface area (Å²) in [5.41, 5.74) is 2.68. The fourth-order valence-corrected chi connectivity index (χ4v) is 1.84. The van der Waals surface area contributed by atoms with E-state index in [1.54, 1.807) is 0 Å². The molecule has 1 rings (SSSR count). The molecule has 18 heavy (non-hydrogen) atoms. The summed E-state index contributed by atoms with van der Waals surface area (Å²) in [6, 6.07) is 6.05. The van der Waals surface area contributed by atoms with Crippen LogP contribution in [0, 0.1) is 12.8 Å². The van der Waals surface area contributed by atoms with Crippen molar-refractivity contribution in [3.63, 3.8) is 0 Å². The van der Waals surface area contributed by atoms with Gasteiger partial charge in [-0.2, -0.15) is 0 Å². The molecule has 2 N–H and O–H groups in total. The van der Waals surface area contributed by atoms with E-state index in [1.807, 2.05) is 32.2 Å². The van der Waals surface area contributed by atoms with Crippen LogP contribution < -0.4 is 10.6 Å². The van der Waals surface area contributed by atoms with Crippen molar-refractivity contribution in [3.8, 4) is 0 Å². The molecule has 0 bridgehead atoms. The van der Waals surface area contributed by atoms with Crippen molar-refractivity contribution in [2.75, 3.05) is 12.4 Å². The number of nitrogens with one attached hydrogen (secondary N) is 2. The third-order valence-corrected chi connectivity index (χ3v) is 3.55. The molecule has 0 aliphatic carbocycles. The SMILES string of the molecule is CCC(C)C(C)NC(=O)c1cc(C)ccc1NC. The number of benzene rings is 1. The molecule has 0 radical (unpaired) electrons. The zero-order valence-corrected chi connectivity index (χ0v) is 12.0. The largest absolute Gasteiger partial charge is 0.387 e. The minimum atomic E-state index is -0.00384. The molecule has 2 atom stereocenters. The lowest BCUT2D eigenvalue weighted by molar-refractivity contribution is 0.0929. The molecule has 0 fully saturated rings. The molecule has 0 aliphatic rings. The monoisotopic (exact) mass is 248 g/mol. The van der Waals surface area contributed by atoms with Crippen LogP contribution in [0.15, 0.2) is 18.2 Å². The lowest BCUT2D eigenvalue weighted by Crippen LogP contribution is -2.37. The molecule has 0 heterocycles. The van der Waals surface area contributed by atoms with Gasteiger partial charge in [-0.25, -0.2) is 0 Å². The van der Waals surface area contributed by atoms with Crippen LogP contribution in [0.3, 0.4) is 0 Å². The zero-order chi connectivity index (χ0) is 13.7. The maximum Gasteiger partial charge on any atom is 0.253 e. The maximum atomic E-state index is 12.3. The Bertz CT molecular complexity index is 415. The van der Waals surface area contributed by atoms with Crippen LogP contribution in [0.5, 0.6) is 0 Å². The van der Waals surface area contributed by atoms with Crippen molar-refractivity contribution in [1.82, 2.24) is 5.32 Å². The standard InChI is InChI=1S/C15H24N2O/c1-6-11(3)12(4)17-15(18)13-9-10(2)7-8-14(13)16-5/h7-9,11-12,16H,6H2,1-5H3,(H,17,18). The lowest BCUT2D eigenvalue weighted by atomic mass is 10.00. The predicted molar refractivity (Wildman–Crippen MR) is 77.1 cm³/mol. The van der Waals surface area contributed by atoms with Crippen molar-refractivity contribution in [1.29, 1.82) is 0 Å².